The predicted molar refractivity (Wildman–Crippen MR) is 90.2 cm³/mol. The predicted octanol–water partition coefficient (Wildman–Crippen LogP) is 3.15. The van der Waals surface area contributed by atoms with Gasteiger partial charge in [0, 0.05) is 13.2 Å². The van der Waals surface area contributed by atoms with Crippen LogP contribution < -0.4 is 14.8 Å². The van der Waals surface area contributed by atoms with Crippen LogP contribution in [0.2, 0.25) is 5.02 Å². The molecule has 1 amide bonds. The number of ether oxygens (including phenoxy) is 3. The Bertz CT molecular complexity index is 728. The van der Waals surface area contributed by atoms with Crippen molar-refractivity contribution < 1.29 is 27.8 Å². The van der Waals surface area contributed by atoms with E-state index in [1.165, 1.54) is 25.3 Å². The van der Waals surface area contributed by atoms with E-state index in [0.29, 0.717) is 18.7 Å². The Labute approximate surface area is 154 Å². The molecule has 1 N–H and O–H groups in total. The van der Waals surface area contributed by atoms with Crippen LogP contribution in [0.5, 0.6) is 11.5 Å². The van der Waals surface area contributed by atoms with Crippen LogP contribution in [0, 0.1) is 11.3 Å². The largest absolute Gasteiger partial charge is 0.493 e. The summed E-state index contributed by atoms with van der Waals surface area (Å²) in [5.74, 6) is -0.922. The van der Waals surface area contributed by atoms with Crippen LogP contribution in [-0.2, 0) is 9.53 Å². The Hall–Kier alpha value is -2.37. The molecule has 2 rings (SSSR count). The highest BCUT2D eigenvalue weighted by Crippen LogP contribution is 2.38. The number of benzene rings is 1. The molecule has 0 aromatic heterocycles. The number of halogens is 3. The average Bonchev–Trinajstić information content (AvgIpc) is 3.12. The molecule has 9 heteroatoms. The van der Waals surface area contributed by atoms with Gasteiger partial charge in [0.2, 0.25) is 0 Å². The van der Waals surface area contributed by atoms with Gasteiger partial charge >= 0.3 is 6.61 Å². The number of nitriles is 1. The van der Waals surface area contributed by atoms with Crippen LogP contribution in [0.15, 0.2) is 17.7 Å². The first-order valence-electron chi connectivity index (χ1n) is 7.78. The Kier molecular flexibility index (Phi) is 7.18. The molecule has 6 nitrogen and oxygen atoms in total. The minimum atomic E-state index is -3.07. The number of methoxy groups -OCH3 is 1. The van der Waals surface area contributed by atoms with E-state index in [4.69, 9.17) is 21.1 Å². The Morgan fingerprint density at radius 3 is 2.92 bits per heavy atom. The highest BCUT2D eigenvalue weighted by Gasteiger charge is 2.19. The second kappa shape index (κ2) is 9.36. The zero-order chi connectivity index (χ0) is 19.1. The summed E-state index contributed by atoms with van der Waals surface area (Å²) in [5.41, 5.74) is 0.168. The quantitative estimate of drug-likeness (QED) is 0.575. The summed E-state index contributed by atoms with van der Waals surface area (Å²) in [6.07, 6.45) is 3.02. The molecule has 0 saturated carbocycles. The number of hydrogen-bond donors (Lipinski definition) is 1. The second-order valence-corrected chi connectivity index (χ2v) is 5.83. The fraction of sp³-hybridized carbons (Fsp3) is 0.412. The maximum absolute atomic E-state index is 12.4. The molecule has 0 bridgehead atoms. The third kappa shape index (κ3) is 5.31. The third-order valence-electron chi connectivity index (χ3n) is 3.65. The maximum Gasteiger partial charge on any atom is 0.387 e. The topological polar surface area (TPSA) is 80.6 Å². The Morgan fingerprint density at radius 1 is 1.58 bits per heavy atom. The van der Waals surface area contributed by atoms with Crippen molar-refractivity contribution in [2.24, 2.45) is 0 Å². The van der Waals surface area contributed by atoms with E-state index in [1.807, 2.05) is 0 Å². The smallest absolute Gasteiger partial charge is 0.387 e. The zero-order valence-electron chi connectivity index (χ0n) is 13.9. The molecule has 1 aliphatic rings. The fourth-order valence-corrected chi connectivity index (χ4v) is 2.71. The number of alkyl halides is 2. The molecule has 1 atom stereocenters. The van der Waals surface area contributed by atoms with Gasteiger partial charge < -0.3 is 19.5 Å². The molecule has 0 aliphatic carbocycles. The van der Waals surface area contributed by atoms with E-state index in [0.717, 1.165) is 12.8 Å². The van der Waals surface area contributed by atoms with Gasteiger partial charge in [-0.2, -0.15) is 14.0 Å². The van der Waals surface area contributed by atoms with Gasteiger partial charge in [-0.3, -0.25) is 4.79 Å². The summed E-state index contributed by atoms with van der Waals surface area (Å²) in [6.45, 7) is -2.10. The van der Waals surface area contributed by atoms with Gasteiger partial charge in [-0.15, -0.1) is 0 Å². The highest BCUT2D eigenvalue weighted by atomic mass is 35.5. The van der Waals surface area contributed by atoms with Crippen LogP contribution >= 0.6 is 11.6 Å². The summed E-state index contributed by atoms with van der Waals surface area (Å²) in [4.78, 5) is 12.1. The van der Waals surface area contributed by atoms with Gasteiger partial charge in [0.05, 0.1) is 18.2 Å². The van der Waals surface area contributed by atoms with Gasteiger partial charge in [-0.1, -0.05) is 11.6 Å². The number of nitrogens with one attached hydrogen (secondary N) is 1. The Balaban J connectivity index is 2.17. The van der Waals surface area contributed by atoms with Crippen LogP contribution in [0.3, 0.4) is 0 Å². The van der Waals surface area contributed by atoms with E-state index >= 15 is 0 Å². The summed E-state index contributed by atoms with van der Waals surface area (Å²) >= 11 is 5.94. The first-order chi connectivity index (χ1) is 12.4. The Morgan fingerprint density at radius 2 is 2.35 bits per heavy atom. The molecule has 1 aliphatic heterocycles. The van der Waals surface area contributed by atoms with Crippen molar-refractivity contribution in [1.82, 2.24) is 5.32 Å². The van der Waals surface area contributed by atoms with Crippen LogP contribution in [0.4, 0.5) is 8.78 Å². The third-order valence-corrected chi connectivity index (χ3v) is 3.93. The fourth-order valence-electron chi connectivity index (χ4n) is 2.45. The van der Waals surface area contributed by atoms with E-state index in [1.54, 1.807) is 6.07 Å². The molecule has 1 fully saturated rings. The van der Waals surface area contributed by atoms with Crippen molar-refractivity contribution in [3.8, 4) is 17.6 Å². The molecule has 140 valence electrons. The molecular formula is C17H17ClF2N2O4. The zero-order valence-corrected chi connectivity index (χ0v) is 14.7. The minimum Gasteiger partial charge on any atom is -0.493 e. The van der Waals surface area contributed by atoms with Crippen molar-refractivity contribution in [2.45, 2.75) is 25.6 Å². The van der Waals surface area contributed by atoms with E-state index < -0.39 is 12.5 Å². The number of carbonyl (C=O) groups excluding carboxylic acids is 1. The normalized spacial score (nSPS) is 17.1. The molecule has 1 saturated heterocycles. The number of hydrogen-bond acceptors (Lipinski definition) is 5. The number of nitrogens with zero attached hydrogens (tertiary/aromatic N) is 1. The highest BCUT2D eigenvalue weighted by molar-refractivity contribution is 6.32. The maximum atomic E-state index is 12.4. The van der Waals surface area contributed by atoms with Gasteiger partial charge in [-0.05, 0) is 36.6 Å². The molecule has 0 unspecified atom stereocenters. The minimum absolute atomic E-state index is 0.0406. The SMILES string of the molecule is COc1cc(/C=C(\C#N)C(=O)NC[C@@H]2CCCO2)cc(Cl)c1OC(F)F. The lowest BCUT2D eigenvalue weighted by Gasteiger charge is -2.13. The van der Waals surface area contributed by atoms with Crippen LogP contribution in [0.25, 0.3) is 6.08 Å². The van der Waals surface area contributed by atoms with Crippen molar-refractivity contribution in [3.63, 3.8) is 0 Å². The van der Waals surface area contributed by atoms with Crippen LogP contribution in [-0.4, -0.2) is 38.9 Å². The number of rotatable bonds is 7. The lowest BCUT2D eigenvalue weighted by molar-refractivity contribution is -0.117. The molecule has 0 spiro atoms. The number of carbonyl (C=O) groups is 1. The van der Waals surface area contributed by atoms with E-state index in [9.17, 15) is 18.8 Å². The van der Waals surface area contributed by atoms with Crippen molar-refractivity contribution in [3.05, 3.63) is 28.3 Å². The van der Waals surface area contributed by atoms with Gasteiger partial charge in [0.15, 0.2) is 11.5 Å². The molecule has 1 aromatic carbocycles. The van der Waals surface area contributed by atoms with Gasteiger partial charge in [0.25, 0.3) is 5.91 Å². The standard InChI is InChI=1S/C17H17ClF2N2O4/c1-24-14-7-10(6-13(18)15(14)26-17(19)20)5-11(8-21)16(23)22-9-12-3-2-4-25-12/h5-7,12,17H,2-4,9H2,1H3,(H,22,23)/b11-5+/t12-/m0/s1. The van der Waals surface area contributed by atoms with E-state index in [2.05, 4.69) is 10.1 Å². The lowest BCUT2D eigenvalue weighted by Crippen LogP contribution is -2.32. The lowest BCUT2D eigenvalue weighted by atomic mass is 10.1. The van der Waals surface area contributed by atoms with Crippen molar-refractivity contribution in [2.75, 3.05) is 20.3 Å². The van der Waals surface area contributed by atoms with Crippen molar-refractivity contribution >= 4 is 23.6 Å². The average molecular weight is 387 g/mol. The van der Waals surface area contributed by atoms with E-state index in [-0.39, 0.29) is 28.2 Å². The molecule has 1 heterocycles. The molecule has 26 heavy (non-hydrogen) atoms. The first kappa shape index (κ1) is 19.9. The molecule has 1 aromatic rings. The second-order valence-electron chi connectivity index (χ2n) is 5.43. The summed E-state index contributed by atoms with van der Waals surface area (Å²) in [6, 6.07) is 4.44. The summed E-state index contributed by atoms with van der Waals surface area (Å²) in [5, 5.41) is 11.7. The number of amides is 1. The molecular weight excluding hydrogens is 370 g/mol. The van der Waals surface area contributed by atoms with Gasteiger partial charge in [0.1, 0.15) is 11.6 Å². The first-order valence-corrected chi connectivity index (χ1v) is 8.16. The summed E-state index contributed by atoms with van der Waals surface area (Å²) in [7, 11) is 1.26. The van der Waals surface area contributed by atoms with Gasteiger partial charge in [-0.25, -0.2) is 0 Å². The molecule has 0 radical (unpaired) electrons. The monoisotopic (exact) mass is 386 g/mol. The van der Waals surface area contributed by atoms with Crippen LogP contribution in [0.1, 0.15) is 18.4 Å². The van der Waals surface area contributed by atoms with Crippen molar-refractivity contribution in [1.29, 1.82) is 5.26 Å². The summed E-state index contributed by atoms with van der Waals surface area (Å²) < 4.78 is 39.6.